The maximum atomic E-state index is 13.0. The molecule has 3 rings (SSSR count). The van der Waals surface area contributed by atoms with Crippen LogP contribution in [0.15, 0.2) is 16.5 Å². The van der Waals surface area contributed by atoms with E-state index < -0.39 is 0 Å². The molecular weight excluding hydrogens is 328 g/mol. The molecule has 1 aromatic rings. The lowest BCUT2D eigenvalue weighted by atomic mass is 10.0. The minimum Gasteiger partial charge on any atom is -0.455 e. The number of likely N-dealkylation sites (tertiary alicyclic amines) is 1. The van der Waals surface area contributed by atoms with Gasteiger partial charge in [0, 0.05) is 13.1 Å². The Bertz CT molecular complexity index is 578. The van der Waals surface area contributed by atoms with Crippen LogP contribution in [-0.4, -0.2) is 54.1 Å². The van der Waals surface area contributed by atoms with E-state index in [1.807, 2.05) is 17.0 Å². The summed E-state index contributed by atoms with van der Waals surface area (Å²) in [6.07, 6.45) is 6.07. The first-order chi connectivity index (χ1) is 12.6. The van der Waals surface area contributed by atoms with E-state index in [0.717, 1.165) is 44.7 Å². The quantitative estimate of drug-likeness (QED) is 0.737. The molecule has 0 aliphatic carbocycles. The fourth-order valence-electron chi connectivity index (χ4n) is 3.89. The van der Waals surface area contributed by atoms with Gasteiger partial charge in [0.1, 0.15) is 5.76 Å². The smallest absolute Gasteiger partial charge is 0.289 e. The highest BCUT2D eigenvalue weighted by Gasteiger charge is 2.33. The molecule has 2 aliphatic rings. The van der Waals surface area contributed by atoms with Crippen molar-refractivity contribution in [2.24, 2.45) is 5.92 Å². The number of morpholine rings is 1. The van der Waals surface area contributed by atoms with Crippen molar-refractivity contribution in [1.82, 2.24) is 9.80 Å². The summed E-state index contributed by atoms with van der Waals surface area (Å²) in [5.41, 5.74) is 0. The number of amides is 1. The van der Waals surface area contributed by atoms with Crippen LogP contribution in [0.1, 0.15) is 69.2 Å². The summed E-state index contributed by atoms with van der Waals surface area (Å²) >= 11 is 0. The van der Waals surface area contributed by atoms with E-state index in [9.17, 15) is 4.79 Å². The molecule has 0 unspecified atom stereocenters. The molecule has 0 bridgehead atoms. The molecule has 0 saturated carbocycles. The Morgan fingerprint density at radius 1 is 1.23 bits per heavy atom. The third kappa shape index (κ3) is 4.89. The number of nitrogens with zero attached hydrogens (tertiary/aromatic N) is 2. The molecule has 5 heteroatoms. The van der Waals surface area contributed by atoms with Gasteiger partial charge in [-0.05, 0) is 50.4 Å². The highest BCUT2D eigenvalue weighted by atomic mass is 16.5. The van der Waals surface area contributed by atoms with Gasteiger partial charge in [-0.15, -0.1) is 0 Å². The van der Waals surface area contributed by atoms with Gasteiger partial charge >= 0.3 is 0 Å². The number of hydrogen-bond donors (Lipinski definition) is 0. The topological polar surface area (TPSA) is 45.9 Å². The summed E-state index contributed by atoms with van der Waals surface area (Å²) in [5.74, 6) is 1.77. The molecule has 0 radical (unpaired) electrons. The molecular formula is C21H34N2O3. The van der Waals surface area contributed by atoms with Gasteiger partial charge in [-0.3, -0.25) is 9.69 Å². The molecule has 146 valence electrons. The van der Waals surface area contributed by atoms with Crippen LogP contribution in [-0.2, 0) is 11.3 Å². The van der Waals surface area contributed by atoms with Crippen molar-refractivity contribution in [3.63, 3.8) is 0 Å². The number of carbonyl (C=O) groups excluding carboxylic acids is 1. The number of ether oxygens (including phenoxy) is 1. The first-order valence-corrected chi connectivity index (χ1v) is 10.3. The van der Waals surface area contributed by atoms with Crippen molar-refractivity contribution < 1.29 is 13.9 Å². The van der Waals surface area contributed by atoms with Crippen LogP contribution < -0.4 is 0 Å². The summed E-state index contributed by atoms with van der Waals surface area (Å²) in [7, 11) is 0. The number of furan rings is 1. The average Bonchev–Trinajstić information content (AvgIpc) is 3.31. The van der Waals surface area contributed by atoms with E-state index in [2.05, 4.69) is 25.7 Å². The van der Waals surface area contributed by atoms with Gasteiger partial charge in [-0.25, -0.2) is 0 Å². The molecule has 0 spiro atoms. The molecule has 5 nitrogen and oxygen atoms in total. The fourth-order valence-corrected chi connectivity index (χ4v) is 3.89. The molecule has 1 amide bonds. The minimum absolute atomic E-state index is 0.00752. The Hall–Kier alpha value is -1.33. The molecule has 2 saturated heterocycles. The largest absolute Gasteiger partial charge is 0.455 e. The second-order valence-corrected chi connectivity index (χ2v) is 8.14. The zero-order valence-electron chi connectivity index (χ0n) is 16.6. The van der Waals surface area contributed by atoms with Crippen LogP contribution in [0, 0.1) is 5.92 Å². The van der Waals surface area contributed by atoms with Gasteiger partial charge in [0.2, 0.25) is 0 Å². The Balaban J connectivity index is 1.63. The second kappa shape index (κ2) is 9.05. The second-order valence-electron chi connectivity index (χ2n) is 8.14. The summed E-state index contributed by atoms with van der Waals surface area (Å²) in [4.78, 5) is 17.3. The van der Waals surface area contributed by atoms with Crippen LogP contribution >= 0.6 is 0 Å². The predicted octanol–water partition coefficient (Wildman–Crippen LogP) is 3.93. The number of hydrogen-bond acceptors (Lipinski definition) is 4. The van der Waals surface area contributed by atoms with E-state index in [-0.39, 0.29) is 18.1 Å². The number of unbranched alkanes of at least 4 members (excludes halogenated alkanes) is 1. The monoisotopic (exact) mass is 362 g/mol. The third-order valence-corrected chi connectivity index (χ3v) is 5.55. The van der Waals surface area contributed by atoms with E-state index in [1.165, 1.54) is 12.8 Å². The maximum absolute atomic E-state index is 13.0. The molecule has 3 heterocycles. The Morgan fingerprint density at radius 3 is 2.69 bits per heavy atom. The van der Waals surface area contributed by atoms with E-state index in [4.69, 9.17) is 9.15 Å². The summed E-state index contributed by atoms with van der Waals surface area (Å²) in [6.45, 7) is 10.9. The minimum atomic E-state index is 0.00752. The van der Waals surface area contributed by atoms with Gasteiger partial charge in [-0.1, -0.05) is 33.6 Å². The average molecular weight is 363 g/mol. The van der Waals surface area contributed by atoms with E-state index in [1.54, 1.807) is 0 Å². The van der Waals surface area contributed by atoms with Crippen LogP contribution in [0.3, 0.4) is 0 Å². The molecule has 1 aromatic heterocycles. The molecule has 0 N–H and O–H groups in total. The first-order valence-electron chi connectivity index (χ1n) is 10.3. The molecule has 0 aromatic carbocycles. The van der Waals surface area contributed by atoms with Crippen molar-refractivity contribution in [3.05, 3.63) is 23.7 Å². The van der Waals surface area contributed by atoms with Gasteiger partial charge in [0.05, 0.1) is 18.8 Å². The number of rotatable bonds is 7. The van der Waals surface area contributed by atoms with Gasteiger partial charge in [-0.2, -0.15) is 0 Å². The molecule has 2 aliphatic heterocycles. The Labute approximate surface area is 157 Å². The van der Waals surface area contributed by atoms with Gasteiger partial charge in [0.15, 0.2) is 5.76 Å². The molecule has 2 fully saturated rings. The van der Waals surface area contributed by atoms with Crippen molar-refractivity contribution >= 4 is 5.91 Å². The van der Waals surface area contributed by atoms with Gasteiger partial charge in [0.25, 0.3) is 5.91 Å². The van der Waals surface area contributed by atoms with Crippen LogP contribution in [0.2, 0.25) is 0 Å². The van der Waals surface area contributed by atoms with E-state index in [0.29, 0.717) is 24.8 Å². The highest BCUT2D eigenvalue weighted by molar-refractivity contribution is 5.91. The van der Waals surface area contributed by atoms with Crippen LogP contribution in [0.25, 0.3) is 0 Å². The van der Waals surface area contributed by atoms with Gasteiger partial charge < -0.3 is 14.1 Å². The number of carbonyl (C=O) groups is 1. The Morgan fingerprint density at radius 2 is 2.00 bits per heavy atom. The third-order valence-electron chi connectivity index (χ3n) is 5.55. The standard InChI is InChI=1S/C21H34N2O3/c1-4-5-8-17-14-23(15-20(26-17)16(2)3)21(24)19-10-9-18(25-19)13-22-11-6-7-12-22/h9-10,16-17,20H,4-8,11-15H2,1-3H3/t17-,20-/m1/s1. The van der Waals surface area contributed by atoms with Crippen molar-refractivity contribution in [2.75, 3.05) is 26.2 Å². The summed E-state index contributed by atoms with van der Waals surface area (Å²) in [6, 6.07) is 3.80. The van der Waals surface area contributed by atoms with Crippen molar-refractivity contribution in [1.29, 1.82) is 0 Å². The van der Waals surface area contributed by atoms with E-state index >= 15 is 0 Å². The Kier molecular flexibility index (Phi) is 6.76. The summed E-state index contributed by atoms with van der Waals surface area (Å²) in [5, 5.41) is 0. The summed E-state index contributed by atoms with van der Waals surface area (Å²) < 4.78 is 12.1. The zero-order valence-corrected chi connectivity index (χ0v) is 16.6. The maximum Gasteiger partial charge on any atom is 0.289 e. The lowest BCUT2D eigenvalue weighted by Gasteiger charge is -2.39. The lowest BCUT2D eigenvalue weighted by Crippen LogP contribution is -2.51. The molecule has 26 heavy (non-hydrogen) atoms. The molecule has 2 atom stereocenters. The lowest BCUT2D eigenvalue weighted by molar-refractivity contribution is -0.0967. The van der Waals surface area contributed by atoms with Crippen molar-refractivity contribution in [2.45, 2.75) is 71.6 Å². The zero-order chi connectivity index (χ0) is 18.5. The van der Waals surface area contributed by atoms with Crippen molar-refractivity contribution in [3.8, 4) is 0 Å². The normalized spacial score (nSPS) is 24.5. The predicted molar refractivity (Wildman–Crippen MR) is 102 cm³/mol. The van der Waals surface area contributed by atoms with Crippen LogP contribution in [0.4, 0.5) is 0 Å². The SMILES string of the molecule is CCCC[C@@H]1CN(C(=O)c2ccc(CN3CCCC3)o2)C[C@H](C(C)C)O1. The van der Waals surface area contributed by atoms with Crippen LogP contribution in [0.5, 0.6) is 0 Å². The first kappa shape index (κ1) is 19.4. The highest BCUT2D eigenvalue weighted by Crippen LogP contribution is 2.23. The fraction of sp³-hybridized carbons (Fsp3) is 0.762.